The molecule has 110 valence electrons. The van der Waals surface area contributed by atoms with Crippen LogP contribution in [0.5, 0.6) is 0 Å². The maximum absolute atomic E-state index is 12.8. The predicted octanol–water partition coefficient (Wildman–Crippen LogP) is 3.70. The molecule has 1 aromatic heterocycles. The fourth-order valence-electron chi connectivity index (χ4n) is 1.56. The number of nitrogen functional groups attached to an aromatic ring is 1. The minimum absolute atomic E-state index is 0.0346. The van der Waals surface area contributed by atoms with Crippen LogP contribution in [-0.2, 0) is 6.18 Å². The van der Waals surface area contributed by atoms with Gasteiger partial charge >= 0.3 is 6.18 Å². The minimum Gasteiger partial charge on any atom is -0.384 e. The van der Waals surface area contributed by atoms with Gasteiger partial charge in [0.15, 0.2) is 0 Å². The number of rotatable bonds is 2. The van der Waals surface area contributed by atoms with Crippen LogP contribution in [0, 0.1) is 0 Å². The van der Waals surface area contributed by atoms with E-state index in [-0.39, 0.29) is 21.5 Å². The molecule has 4 nitrogen and oxygen atoms in total. The Balaban J connectivity index is 2.24. The molecule has 1 amide bonds. The first-order chi connectivity index (χ1) is 9.77. The number of nitrogens with one attached hydrogen (secondary N) is 1. The van der Waals surface area contributed by atoms with E-state index in [0.717, 1.165) is 6.07 Å². The van der Waals surface area contributed by atoms with E-state index in [1.54, 1.807) is 0 Å². The highest BCUT2D eigenvalue weighted by Gasteiger charge is 2.33. The largest absolute Gasteiger partial charge is 0.417 e. The van der Waals surface area contributed by atoms with Crippen molar-refractivity contribution >= 4 is 33.3 Å². The van der Waals surface area contributed by atoms with E-state index in [9.17, 15) is 18.0 Å². The van der Waals surface area contributed by atoms with E-state index in [1.165, 1.54) is 30.5 Å². The summed E-state index contributed by atoms with van der Waals surface area (Å²) >= 11 is 2.83. The number of anilines is 2. The smallest absolute Gasteiger partial charge is 0.384 e. The normalized spacial score (nSPS) is 11.2. The fraction of sp³-hybridized carbons (Fsp3) is 0.0769. The number of amides is 1. The van der Waals surface area contributed by atoms with Crippen molar-refractivity contribution < 1.29 is 18.0 Å². The number of hydrogen-bond donors (Lipinski definition) is 2. The third-order valence-corrected chi connectivity index (χ3v) is 3.27. The number of halogens is 4. The molecule has 2 rings (SSSR count). The van der Waals surface area contributed by atoms with Crippen LogP contribution in [0.1, 0.15) is 15.9 Å². The van der Waals surface area contributed by atoms with Crippen LogP contribution in [0.3, 0.4) is 0 Å². The van der Waals surface area contributed by atoms with Gasteiger partial charge in [-0.1, -0.05) is 15.9 Å². The lowest BCUT2D eigenvalue weighted by molar-refractivity contribution is -0.138. The van der Waals surface area contributed by atoms with Gasteiger partial charge in [0.2, 0.25) is 0 Å². The quantitative estimate of drug-likeness (QED) is 0.858. The summed E-state index contributed by atoms with van der Waals surface area (Å²) in [6.45, 7) is 0. The van der Waals surface area contributed by atoms with Gasteiger partial charge < -0.3 is 11.1 Å². The van der Waals surface area contributed by atoms with Gasteiger partial charge in [0.1, 0.15) is 5.82 Å². The molecule has 1 heterocycles. The molecular formula is C13H9BrF3N3O. The third-order valence-electron chi connectivity index (χ3n) is 2.58. The van der Waals surface area contributed by atoms with E-state index >= 15 is 0 Å². The first kappa shape index (κ1) is 15.3. The Bertz CT molecular complexity index is 671. The predicted molar refractivity (Wildman–Crippen MR) is 75.7 cm³/mol. The number of carbonyl (C=O) groups is 1. The Labute approximate surface area is 126 Å². The lowest BCUT2D eigenvalue weighted by Crippen LogP contribution is -2.14. The summed E-state index contributed by atoms with van der Waals surface area (Å²) in [6, 6.07) is 6.30. The zero-order valence-electron chi connectivity index (χ0n) is 10.4. The lowest BCUT2D eigenvalue weighted by atomic mass is 10.2. The number of alkyl halides is 3. The van der Waals surface area contributed by atoms with Gasteiger partial charge in [-0.25, -0.2) is 4.98 Å². The van der Waals surface area contributed by atoms with Gasteiger partial charge in [-0.05, 0) is 30.3 Å². The average Bonchev–Trinajstić information content (AvgIpc) is 2.40. The SMILES string of the molecule is Nc1ccc(C(=O)Nc2ccc(Br)c(C(F)(F)F)c2)cn1. The summed E-state index contributed by atoms with van der Waals surface area (Å²) in [6.07, 6.45) is -3.27. The Hall–Kier alpha value is -2.09. The highest BCUT2D eigenvalue weighted by molar-refractivity contribution is 9.10. The molecule has 0 aliphatic rings. The topological polar surface area (TPSA) is 68.0 Å². The standard InChI is InChI=1S/C13H9BrF3N3O/c14-10-3-2-8(5-9(10)13(15,16)17)20-12(21)7-1-4-11(18)19-6-7/h1-6H,(H2,18,19)(H,20,21). The summed E-state index contributed by atoms with van der Waals surface area (Å²) in [7, 11) is 0. The maximum Gasteiger partial charge on any atom is 0.417 e. The molecule has 0 bridgehead atoms. The molecule has 0 aliphatic carbocycles. The first-order valence-electron chi connectivity index (χ1n) is 5.67. The molecule has 0 fully saturated rings. The zero-order chi connectivity index (χ0) is 15.6. The van der Waals surface area contributed by atoms with Crippen LogP contribution in [0.25, 0.3) is 0 Å². The maximum atomic E-state index is 12.8. The second-order valence-corrected chi connectivity index (χ2v) is 4.97. The monoisotopic (exact) mass is 359 g/mol. The summed E-state index contributed by atoms with van der Waals surface area (Å²) in [4.78, 5) is 15.6. The molecule has 3 N–H and O–H groups in total. The number of carbonyl (C=O) groups excluding carboxylic acids is 1. The number of nitrogens with two attached hydrogens (primary N) is 1. The number of pyridine rings is 1. The molecule has 21 heavy (non-hydrogen) atoms. The summed E-state index contributed by atoms with van der Waals surface area (Å²) < 4.78 is 38.2. The van der Waals surface area contributed by atoms with Gasteiger partial charge in [0, 0.05) is 16.4 Å². The van der Waals surface area contributed by atoms with Crippen molar-refractivity contribution in [2.75, 3.05) is 11.1 Å². The zero-order valence-corrected chi connectivity index (χ0v) is 12.0. The molecule has 8 heteroatoms. The van der Waals surface area contributed by atoms with Crippen molar-refractivity contribution in [3.8, 4) is 0 Å². The molecule has 0 unspecified atom stereocenters. The number of nitrogens with zero attached hydrogens (tertiary/aromatic N) is 1. The summed E-state index contributed by atoms with van der Waals surface area (Å²) in [5.41, 5.74) is 4.76. The van der Waals surface area contributed by atoms with Crippen molar-refractivity contribution in [1.29, 1.82) is 0 Å². The number of benzene rings is 1. The average molecular weight is 360 g/mol. The van der Waals surface area contributed by atoms with E-state index in [0.29, 0.717) is 0 Å². The Morgan fingerprint density at radius 3 is 2.52 bits per heavy atom. The van der Waals surface area contributed by atoms with Crippen LogP contribution in [0.2, 0.25) is 0 Å². The van der Waals surface area contributed by atoms with Crippen LogP contribution in [0.15, 0.2) is 41.0 Å². The Morgan fingerprint density at radius 1 is 1.24 bits per heavy atom. The molecule has 0 aliphatic heterocycles. The molecule has 1 aromatic carbocycles. The summed E-state index contributed by atoms with van der Waals surface area (Å²) in [5, 5.41) is 2.38. The van der Waals surface area contributed by atoms with E-state index in [2.05, 4.69) is 26.2 Å². The molecule has 0 saturated heterocycles. The summed E-state index contributed by atoms with van der Waals surface area (Å²) in [5.74, 6) is -0.326. The molecule has 2 aromatic rings. The van der Waals surface area contributed by atoms with Crippen molar-refractivity contribution in [2.45, 2.75) is 6.18 Å². The molecule has 0 saturated carbocycles. The van der Waals surface area contributed by atoms with Crippen LogP contribution in [0.4, 0.5) is 24.7 Å². The van der Waals surface area contributed by atoms with Crippen LogP contribution < -0.4 is 11.1 Å². The molecular weight excluding hydrogens is 351 g/mol. The highest BCUT2D eigenvalue weighted by atomic mass is 79.9. The Morgan fingerprint density at radius 2 is 1.95 bits per heavy atom. The molecule has 0 radical (unpaired) electrons. The van der Waals surface area contributed by atoms with E-state index < -0.39 is 17.6 Å². The van der Waals surface area contributed by atoms with Crippen LogP contribution >= 0.6 is 15.9 Å². The number of hydrogen-bond acceptors (Lipinski definition) is 3. The van der Waals surface area contributed by atoms with Gasteiger partial charge in [-0.2, -0.15) is 13.2 Å². The fourth-order valence-corrected chi connectivity index (χ4v) is 2.03. The van der Waals surface area contributed by atoms with Gasteiger partial charge in [0.25, 0.3) is 5.91 Å². The minimum atomic E-state index is -4.51. The van der Waals surface area contributed by atoms with Crippen molar-refractivity contribution in [3.05, 3.63) is 52.1 Å². The van der Waals surface area contributed by atoms with Gasteiger partial charge in [-0.3, -0.25) is 4.79 Å². The lowest BCUT2D eigenvalue weighted by Gasteiger charge is -2.12. The second-order valence-electron chi connectivity index (χ2n) is 4.12. The van der Waals surface area contributed by atoms with E-state index in [4.69, 9.17) is 5.73 Å². The molecule has 0 spiro atoms. The van der Waals surface area contributed by atoms with Crippen molar-refractivity contribution in [2.24, 2.45) is 0 Å². The van der Waals surface area contributed by atoms with Gasteiger partial charge in [0.05, 0.1) is 11.1 Å². The third kappa shape index (κ3) is 3.72. The first-order valence-corrected chi connectivity index (χ1v) is 6.46. The van der Waals surface area contributed by atoms with Crippen molar-refractivity contribution in [1.82, 2.24) is 4.98 Å². The van der Waals surface area contributed by atoms with Crippen molar-refractivity contribution in [3.63, 3.8) is 0 Å². The van der Waals surface area contributed by atoms with Crippen LogP contribution in [-0.4, -0.2) is 10.9 Å². The second kappa shape index (κ2) is 5.72. The highest BCUT2D eigenvalue weighted by Crippen LogP contribution is 2.36. The Kier molecular flexibility index (Phi) is 4.17. The molecule has 0 atom stereocenters. The van der Waals surface area contributed by atoms with E-state index in [1.807, 2.05) is 0 Å². The number of aromatic nitrogens is 1. The van der Waals surface area contributed by atoms with Gasteiger partial charge in [-0.15, -0.1) is 0 Å².